The standard InChI is InChI=1S/C10H16F4N2O3.ClH/c1-18-7-3-15-2-6(7)16-8(17)4-19-5-10(13,14)9(11)12;/h6-7,9,15H,2-5H2,1H3,(H,16,17);1H/t6-,7-;/m0./s1. The topological polar surface area (TPSA) is 59.6 Å². The highest BCUT2D eigenvalue weighted by molar-refractivity contribution is 5.85. The van der Waals surface area contributed by atoms with Crippen molar-refractivity contribution < 1.29 is 31.8 Å². The fourth-order valence-electron chi connectivity index (χ4n) is 1.64. The van der Waals surface area contributed by atoms with Crippen molar-refractivity contribution in [2.75, 3.05) is 33.4 Å². The lowest BCUT2D eigenvalue weighted by molar-refractivity contribution is -0.168. The van der Waals surface area contributed by atoms with Gasteiger partial charge in [-0.05, 0) is 0 Å². The van der Waals surface area contributed by atoms with Crippen LogP contribution in [0.4, 0.5) is 17.6 Å². The summed E-state index contributed by atoms with van der Waals surface area (Å²) in [5.74, 6) is -4.90. The third-order valence-electron chi connectivity index (χ3n) is 2.65. The molecule has 1 aliphatic heterocycles. The lowest BCUT2D eigenvalue weighted by Crippen LogP contribution is -2.45. The fraction of sp³-hybridized carbons (Fsp3) is 0.900. The molecule has 2 N–H and O–H groups in total. The van der Waals surface area contributed by atoms with Gasteiger partial charge in [0, 0.05) is 20.2 Å². The molecule has 0 spiro atoms. The molecular formula is C10H17ClF4N2O3. The summed E-state index contributed by atoms with van der Waals surface area (Å²) in [5.41, 5.74) is 0. The molecule has 2 atom stereocenters. The molecule has 10 heteroatoms. The molecule has 1 fully saturated rings. The van der Waals surface area contributed by atoms with Crippen molar-refractivity contribution in [3.63, 3.8) is 0 Å². The zero-order chi connectivity index (χ0) is 14.5. The van der Waals surface area contributed by atoms with Crippen LogP contribution >= 0.6 is 12.4 Å². The van der Waals surface area contributed by atoms with Crippen molar-refractivity contribution in [1.82, 2.24) is 10.6 Å². The Bertz CT molecular complexity index is 310. The first-order valence-corrected chi connectivity index (χ1v) is 5.63. The van der Waals surface area contributed by atoms with Crippen LogP contribution in [0.3, 0.4) is 0 Å². The second kappa shape index (κ2) is 8.60. The maximum absolute atomic E-state index is 12.5. The summed E-state index contributed by atoms with van der Waals surface area (Å²) in [6.07, 6.45) is -4.03. The summed E-state index contributed by atoms with van der Waals surface area (Å²) in [7, 11) is 1.48. The van der Waals surface area contributed by atoms with Crippen LogP contribution in [0, 0.1) is 0 Å². The van der Waals surface area contributed by atoms with Gasteiger partial charge in [-0.2, -0.15) is 8.78 Å². The number of carbonyl (C=O) groups is 1. The van der Waals surface area contributed by atoms with Gasteiger partial charge in [-0.25, -0.2) is 8.78 Å². The Morgan fingerprint density at radius 1 is 1.45 bits per heavy atom. The first-order valence-electron chi connectivity index (χ1n) is 5.63. The van der Waals surface area contributed by atoms with E-state index in [-0.39, 0.29) is 24.6 Å². The minimum atomic E-state index is -4.25. The van der Waals surface area contributed by atoms with Gasteiger partial charge in [-0.3, -0.25) is 4.79 Å². The lowest BCUT2D eigenvalue weighted by Gasteiger charge is -2.19. The van der Waals surface area contributed by atoms with Gasteiger partial charge in [0.05, 0.1) is 12.1 Å². The van der Waals surface area contributed by atoms with E-state index in [2.05, 4.69) is 15.4 Å². The number of alkyl halides is 4. The molecule has 1 amide bonds. The summed E-state index contributed by atoms with van der Waals surface area (Å²) in [6, 6.07) is -0.295. The van der Waals surface area contributed by atoms with Crippen LogP contribution in [0.25, 0.3) is 0 Å². The molecule has 1 aliphatic rings. The van der Waals surface area contributed by atoms with Crippen molar-refractivity contribution in [2.45, 2.75) is 24.5 Å². The van der Waals surface area contributed by atoms with Crippen molar-refractivity contribution >= 4 is 18.3 Å². The molecule has 0 bridgehead atoms. The Hall–Kier alpha value is -0.640. The van der Waals surface area contributed by atoms with Crippen LogP contribution in [0.2, 0.25) is 0 Å². The highest BCUT2D eigenvalue weighted by Gasteiger charge is 2.41. The molecule has 0 aliphatic carbocycles. The zero-order valence-electron chi connectivity index (χ0n) is 10.7. The smallest absolute Gasteiger partial charge is 0.330 e. The number of carbonyl (C=O) groups excluding carboxylic acids is 1. The predicted octanol–water partition coefficient (Wildman–Crippen LogP) is 0.428. The lowest BCUT2D eigenvalue weighted by atomic mass is 10.2. The van der Waals surface area contributed by atoms with E-state index in [1.54, 1.807) is 0 Å². The molecule has 0 radical (unpaired) electrons. The highest BCUT2D eigenvalue weighted by atomic mass is 35.5. The molecule has 0 unspecified atom stereocenters. The van der Waals surface area contributed by atoms with Crippen molar-refractivity contribution in [2.24, 2.45) is 0 Å². The number of rotatable bonds is 7. The average Bonchev–Trinajstić information content (AvgIpc) is 2.75. The van der Waals surface area contributed by atoms with Crippen LogP contribution in [-0.4, -0.2) is 63.8 Å². The minimum absolute atomic E-state index is 0. The predicted molar refractivity (Wildman–Crippen MR) is 64.6 cm³/mol. The molecule has 20 heavy (non-hydrogen) atoms. The normalized spacial score (nSPS) is 22.7. The molecule has 1 saturated heterocycles. The van der Waals surface area contributed by atoms with Gasteiger partial charge in [0.2, 0.25) is 5.91 Å². The molecular weight excluding hydrogens is 308 g/mol. The second-order valence-electron chi connectivity index (χ2n) is 4.16. The largest absolute Gasteiger partial charge is 0.378 e. The molecule has 120 valence electrons. The van der Waals surface area contributed by atoms with E-state index < -0.39 is 31.5 Å². The third kappa shape index (κ3) is 5.78. The summed E-state index contributed by atoms with van der Waals surface area (Å²) in [6.45, 7) is -1.15. The highest BCUT2D eigenvalue weighted by Crippen LogP contribution is 2.22. The van der Waals surface area contributed by atoms with Gasteiger partial charge in [-0.15, -0.1) is 12.4 Å². The van der Waals surface area contributed by atoms with Crippen molar-refractivity contribution in [3.05, 3.63) is 0 Å². The van der Waals surface area contributed by atoms with Crippen LogP contribution in [0.1, 0.15) is 0 Å². The van der Waals surface area contributed by atoms with Gasteiger partial charge in [0.15, 0.2) is 0 Å². The number of hydrogen-bond donors (Lipinski definition) is 2. The zero-order valence-corrected chi connectivity index (χ0v) is 11.5. The average molecular weight is 325 g/mol. The molecule has 0 aromatic heterocycles. The number of amides is 1. The number of nitrogens with one attached hydrogen (secondary N) is 2. The second-order valence-corrected chi connectivity index (χ2v) is 4.16. The molecule has 0 aromatic rings. The monoisotopic (exact) mass is 324 g/mol. The Labute approximate surface area is 119 Å². The van der Waals surface area contributed by atoms with E-state index in [4.69, 9.17) is 4.74 Å². The SMILES string of the molecule is CO[C@H]1CNC[C@@H]1NC(=O)COCC(F)(F)C(F)F.Cl. The Balaban J connectivity index is 0.00000361. The maximum atomic E-state index is 12.5. The van der Waals surface area contributed by atoms with Crippen LogP contribution in [0.15, 0.2) is 0 Å². The van der Waals surface area contributed by atoms with Crippen molar-refractivity contribution in [1.29, 1.82) is 0 Å². The number of ether oxygens (including phenoxy) is 2. The summed E-state index contributed by atoms with van der Waals surface area (Å²) < 4.78 is 58.0. The first kappa shape index (κ1) is 19.4. The van der Waals surface area contributed by atoms with E-state index in [9.17, 15) is 22.4 Å². The van der Waals surface area contributed by atoms with Gasteiger partial charge in [-0.1, -0.05) is 0 Å². The molecule has 1 rings (SSSR count). The van der Waals surface area contributed by atoms with E-state index in [1.165, 1.54) is 7.11 Å². The van der Waals surface area contributed by atoms with Gasteiger partial charge in [0.1, 0.15) is 13.2 Å². The van der Waals surface area contributed by atoms with Gasteiger partial charge in [0.25, 0.3) is 0 Å². The summed E-state index contributed by atoms with van der Waals surface area (Å²) in [5, 5.41) is 5.49. The van der Waals surface area contributed by atoms with Crippen LogP contribution in [0.5, 0.6) is 0 Å². The third-order valence-corrected chi connectivity index (χ3v) is 2.65. The quantitative estimate of drug-likeness (QED) is 0.667. The van der Waals surface area contributed by atoms with Gasteiger partial charge < -0.3 is 20.1 Å². The number of hydrogen-bond acceptors (Lipinski definition) is 4. The molecule has 5 nitrogen and oxygen atoms in total. The summed E-state index contributed by atoms with van der Waals surface area (Å²) in [4.78, 5) is 11.4. The van der Waals surface area contributed by atoms with E-state index in [1.807, 2.05) is 0 Å². The van der Waals surface area contributed by atoms with Crippen molar-refractivity contribution in [3.8, 4) is 0 Å². The van der Waals surface area contributed by atoms with E-state index >= 15 is 0 Å². The maximum Gasteiger partial charge on any atom is 0.330 e. The van der Waals surface area contributed by atoms with E-state index in [0.29, 0.717) is 13.1 Å². The minimum Gasteiger partial charge on any atom is -0.378 e. The van der Waals surface area contributed by atoms with Crippen LogP contribution < -0.4 is 10.6 Å². The summed E-state index contributed by atoms with van der Waals surface area (Å²) >= 11 is 0. The number of methoxy groups -OCH3 is 1. The van der Waals surface area contributed by atoms with Crippen LogP contribution in [-0.2, 0) is 14.3 Å². The Morgan fingerprint density at radius 3 is 2.65 bits per heavy atom. The Kier molecular flexibility index (Phi) is 8.33. The Morgan fingerprint density at radius 2 is 2.10 bits per heavy atom. The molecule has 0 saturated carbocycles. The molecule has 0 aromatic carbocycles. The van der Waals surface area contributed by atoms with E-state index in [0.717, 1.165) is 0 Å². The molecule has 1 heterocycles. The first-order chi connectivity index (χ1) is 8.86. The van der Waals surface area contributed by atoms with Gasteiger partial charge >= 0.3 is 12.3 Å². The number of halogens is 5. The fourth-order valence-corrected chi connectivity index (χ4v) is 1.64.